The monoisotopic (exact) mass is 440 g/mol. The van der Waals surface area contributed by atoms with E-state index in [1.54, 1.807) is 48.4 Å². The van der Waals surface area contributed by atoms with E-state index in [1.165, 1.54) is 0 Å². The minimum atomic E-state index is -0.633. The van der Waals surface area contributed by atoms with Crippen molar-refractivity contribution in [2.75, 3.05) is 37.1 Å². The van der Waals surface area contributed by atoms with Crippen LogP contribution < -0.4 is 24.4 Å². The van der Waals surface area contributed by atoms with Crippen LogP contribution in [-0.4, -0.2) is 38.7 Å². The van der Waals surface area contributed by atoms with Gasteiger partial charge in [0.1, 0.15) is 23.9 Å². The largest absolute Gasteiger partial charge is 0.497 e. The molecule has 1 aliphatic heterocycles. The van der Waals surface area contributed by atoms with Crippen LogP contribution in [0, 0.1) is 11.3 Å². The number of methoxy groups -OCH3 is 1. The number of fused-ring (bicyclic) bond motifs is 1. The molecule has 2 aromatic carbocycles. The molecule has 2 amide bonds. The van der Waals surface area contributed by atoms with Gasteiger partial charge in [0.05, 0.1) is 18.2 Å². The molecule has 0 unspecified atom stereocenters. The van der Waals surface area contributed by atoms with Crippen molar-refractivity contribution in [2.45, 2.75) is 34.1 Å². The Morgan fingerprint density at radius 3 is 2.50 bits per heavy atom. The first kappa shape index (κ1) is 23.4. The molecular weight excluding hydrogens is 408 g/mol. The molecule has 0 spiro atoms. The lowest BCUT2D eigenvalue weighted by Gasteiger charge is -2.28. The Morgan fingerprint density at radius 1 is 1.16 bits per heavy atom. The molecule has 172 valence electrons. The van der Waals surface area contributed by atoms with Crippen LogP contribution in [0.2, 0.25) is 0 Å². The molecule has 3 rings (SSSR count). The van der Waals surface area contributed by atoms with Crippen LogP contribution in [0.4, 0.5) is 11.4 Å². The summed E-state index contributed by atoms with van der Waals surface area (Å²) in [4.78, 5) is 27.3. The molecule has 0 fully saturated rings. The molecule has 0 aromatic heterocycles. The summed E-state index contributed by atoms with van der Waals surface area (Å²) in [5, 5.41) is 2.83. The fourth-order valence-electron chi connectivity index (χ4n) is 3.35. The molecule has 0 saturated carbocycles. The van der Waals surface area contributed by atoms with Gasteiger partial charge in [-0.3, -0.25) is 9.59 Å². The van der Waals surface area contributed by atoms with E-state index >= 15 is 0 Å². The number of carbonyl (C=O) groups is 2. The number of nitrogens with one attached hydrogen (secondary N) is 1. The highest BCUT2D eigenvalue weighted by Crippen LogP contribution is 2.38. The fraction of sp³-hybridized carbons (Fsp3) is 0.440. The van der Waals surface area contributed by atoms with Crippen molar-refractivity contribution < 1.29 is 23.8 Å². The van der Waals surface area contributed by atoms with Crippen molar-refractivity contribution in [1.82, 2.24) is 0 Å². The van der Waals surface area contributed by atoms with E-state index in [2.05, 4.69) is 19.2 Å². The average molecular weight is 441 g/mol. The maximum Gasteiger partial charge on any atom is 0.262 e. The summed E-state index contributed by atoms with van der Waals surface area (Å²) >= 11 is 0. The molecule has 0 aliphatic carbocycles. The third-order valence-electron chi connectivity index (χ3n) is 5.31. The molecule has 0 radical (unpaired) electrons. The predicted molar refractivity (Wildman–Crippen MR) is 125 cm³/mol. The number of nitrogens with zero attached hydrogens (tertiary/aromatic N) is 1. The van der Waals surface area contributed by atoms with E-state index < -0.39 is 5.41 Å². The van der Waals surface area contributed by atoms with Crippen LogP contribution in [0.1, 0.15) is 34.1 Å². The van der Waals surface area contributed by atoms with Crippen LogP contribution in [0.15, 0.2) is 42.5 Å². The summed E-state index contributed by atoms with van der Waals surface area (Å²) in [7, 11) is 1.59. The van der Waals surface area contributed by atoms with E-state index in [-0.39, 0.29) is 25.0 Å². The lowest BCUT2D eigenvalue weighted by Crippen LogP contribution is -2.42. The van der Waals surface area contributed by atoms with Crippen molar-refractivity contribution in [1.29, 1.82) is 0 Å². The van der Waals surface area contributed by atoms with Gasteiger partial charge in [0.25, 0.3) is 5.91 Å². The number of carbonyl (C=O) groups excluding carboxylic acids is 2. The topological polar surface area (TPSA) is 77.1 Å². The van der Waals surface area contributed by atoms with Crippen molar-refractivity contribution in [3.8, 4) is 17.2 Å². The van der Waals surface area contributed by atoms with Gasteiger partial charge in [-0.15, -0.1) is 0 Å². The first-order valence-electron chi connectivity index (χ1n) is 10.8. The molecule has 7 nitrogen and oxygen atoms in total. The first-order chi connectivity index (χ1) is 15.2. The lowest BCUT2D eigenvalue weighted by atomic mass is 9.92. The third-order valence-corrected chi connectivity index (χ3v) is 5.31. The molecule has 1 aliphatic rings. The molecule has 32 heavy (non-hydrogen) atoms. The molecule has 2 aromatic rings. The van der Waals surface area contributed by atoms with E-state index in [0.29, 0.717) is 29.6 Å². The highest BCUT2D eigenvalue weighted by atomic mass is 16.5. The van der Waals surface area contributed by atoms with Crippen LogP contribution in [0.25, 0.3) is 0 Å². The number of hydrogen-bond donors (Lipinski definition) is 1. The van der Waals surface area contributed by atoms with Gasteiger partial charge in [-0.05, 0) is 62.6 Å². The minimum Gasteiger partial charge on any atom is -0.497 e. The maximum absolute atomic E-state index is 13.1. The van der Waals surface area contributed by atoms with Gasteiger partial charge in [-0.1, -0.05) is 13.8 Å². The fourth-order valence-corrected chi connectivity index (χ4v) is 3.35. The van der Waals surface area contributed by atoms with Crippen molar-refractivity contribution in [3.05, 3.63) is 42.5 Å². The smallest absolute Gasteiger partial charge is 0.262 e. The van der Waals surface area contributed by atoms with Crippen LogP contribution in [0.5, 0.6) is 17.2 Å². The van der Waals surface area contributed by atoms with Crippen molar-refractivity contribution in [3.63, 3.8) is 0 Å². The second kappa shape index (κ2) is 9.94. The summed E-state index contributed by atoms with van der Waals surface area (Å²) < 4.78 is 16.6. The van der Waals surface area contributed by atoms with Crippen molar-refractivity contribution >= 4 is 23.2 Å². The van der Waals surface area contributed by atoms with Gasteiger partial charge >= 0.3 is 0 Å². The zero-order chi connectivity index (χ0) is 23.3. The number of anilines is 2. The Hall–Kier alpha value is -3.22. The minimum absolute atomic E-state index is 0.0431. The summed E-state index contributed by atoms with van der Waals surface area (Å²) in [5.74, 6) is 2.11. The first-order valence-corrected chi connectivity index (χ1v) is 10.8. The Balaban J connectivity index is 1.70. The standard InChI is InChI=1S/C25H32N2O5/c1-17(2)12-13-27-21-11-6-18(14-22(21)32-16-25(3,4)24(27)29)26-23(28)15-31-20-9-7-19(30-5)8-10-20/h6-11,14,17H,12-13,15-16H2,1-5H3,(H,26,28). The molecule has 0 saturated heterocycles. The number of benzene rings is 2. The molecule has 7 heteroatoms. The zero-order valence-corrected chi connectivity index (χ0v) is 19.4. The van der Waals surface area contributed by atoms with Gasteiger partial charge in [0.2, 0.25) is 5.91 Å². The summed E-state index contributed by atoms with van der Waals surface area (Å²) in [6.07, 6.45) is 0.891. The average Bonchev–Trinajstić information content (AvgIpc) is 2.85. The molecule has 0 atom stereocenters. The number of ether oxygens (including phenoxy) is 3. The van der Waals surface area contributed by atoms with Gasteiger partial charge in [0.15, 0.2) is 6.61 Å². The SMILES string of the molecule is COc1ccc(OCC(=O)Nc2ccc3c(c2)OCC(C)(C)C(=O)N3CCC(C)C)cc1. The zero-order valence-electron chi connectivity index (χ0n) is 19.4. The molecule has 1 heterocycles. The Kier molecular flexibility index (Phi) is 7.28. The van der Waals surface area contributed by atoms with Crippen molar-refractivity contribution in [2.24, 2.45) is 11.3 Å². The summed E-state index contributed by atoms with van der Waals surface area (Å²) in [6, 6.07) is 12.4. The van der Waals surface area contributed by atoms with Gasteiger partial charge in [-0.25, -0.2) is 0 Å². The molecule has 1 N–H and O–H groups in total. The van der Waals surface area contributed by atoms with E-state index in [4.69, 9.17) is 14.2 Å². The van der Waals surface area contributed by atoms with Gasteiger partial charge < -0.3 is 24.4 Å². The Bertz CT molecular complexity index is 953. The van der Waals surface area contributed by atoms with Gasteiger partial charge in [0, 0.05) is 18.3 Å². The van der Waals surface area contributed by atoms with Crippen LogP contribution in [-0.2, 0) is 9.59 Å². The van der Waals surface area contributed by atoms with E-state index in [9.17, 15) is 9.59 Å². The number of hydrogen-bond acceptors (Lipinski definition) is 5. The highest BCUT2D eigenvalue weighted by Gasteiger charge is 2.37. The normalized spacial score (nSPS) is 14.9. The second-order valence-corrected chi connectivity index (χ2v) is 9.01. The van der Waals surface area contributed by atoms with Crippen LogP contribution >= 0.6 is 0 Å². The highest BCUT2D eigenvalue weighted by molar-refractivity contribution is 6.00. The predicted octanol–water partition coefficient (Wildman–Crippen LogP) is 4.51. The maximum atomic E-state index is 13.1. The quantitative estimate of drug-likeness (QED) is 0.654. The Morgan fingerprint density at radius 2 is 1.84 bits per heavy atom. The van der Waals surface area contributed by atoms with E-state index in [0.717, 1.165) is 17.9 Å². The number of rotatable bonds is 8. The summed E-state index contributed by atoms with van der Waals surface area (Å²) in [5.41, 5.74) is 0.683. The molecule has 0 bridgehead atoms. The summed E-state index contributed by atoms with van der Waals surface area (Å²) in [6.45, 7) is 8.82. The number of amides is 2. The lowest BCUT2D eigenvalue weighted by molar-refractivity contribution is -0.127. The third kappa shape index (κ3) is 5.72. The van der Waals surface area contributed by atoms with Gasteiger partial charge in [-0.2, -0.15) is 0 Å². The molecular formula is C25H32N2O5. The Labute approximate surface area is 189 Å². The second-order valence-electron chi connectivity index (χ2n) is 9.01. The van der Waals surface area contributed by atoms with Crippen LogP contribution in [0.3, 0.4) is 0 Å². The van der Waals surface area contributed by atoms with E-state index in [1.807, 2.05) is 19.9 Å².